The Kier molecular flexibility index (Phi) is 6.02. The summed E-state index contributed by atoms with van der Waals surface area (Å²) in [6, 6.07) is 8.50. The third kappa shape index (κ3) is 3.89. The fourth-order valence-electron chi connectivity index (χ4n) is 4.50. The lowest BCUT2D eigenvalue weighted by Gasteiger charge is -2.33. The lowest BCUT2D eigenvalue weighted by molar-refractivity contribution is -0.161. The number of carbonyl (C=O) groups excluding carboxylic acids is 2. The average Bonchev–Trinajstić information content (AvgIpc) is 3.20. The molecule has 2 aliphatic rings. The molecule has 3 rings (SSSR count). The number of carbonyl (C=O) groups is 2. The standard InChI is InChI=1S/C22H27FN2O3/c1-16(19(26)25-21(15-24)11-5-2-6-12-21)28-20(27)22(13-7-8-14-22)17-9-3-4-10-18(17)23/h3-4,9-10,16H,2,5-8,11-14H2,1H3,(H,25,26)/t16-/m1/s1. The van der Waals surface area contributed by atoms with E-state index in [0.29, 0.717) is 31.2 Å². The summed E-state index contributed by atoms with van der Waals surface area (Å²) in [5, 5.41) is 12.3. The van der Waals surface area contributed by atoms with Gasteiger partial charge in [0, 0.05) is 5.56 Å². The molecule has 2 aliphatic carbocycles. The zero-order valence-electron chi connectivity index (χ0n) is 16.3. The van der Waals surface area contributed by atoms with Crippen molar-refractivity contribution in [3.63, 3.8) is 0 Å². The molecule has 150 valence electrons. The number of esters is 1. The summed E-state index contributed by atoms with van der Waals surface area (Å²) in [4.78, 5) is 25.7. The van der Waals surface area contributed by atoms with Gasteiger partial charge in [-0.2, -0.15) is 5.26 Å². The molecule has 1 aromatic rings. The fourth-order valence-corrected chi connectivity index (χ4v) is 4.50. The van der Waals surface area contributed by atoms with Crippen LogP contribution in [0.2, 0.25) is 0 Å². The van der Waals surface area contributed by atoms with E-state index in [9.17, 15) is 19.2 Å². The number of nitrogens with zero attached hydrogens (tertiary/aromatic N) is 1. The van der Waals surface area contributed by atoms with Crippen molar-refractivity contribution in [1.29, 1.82) is 5.26 Å². The normalized spacial score (nSPS) is 21.3. The zero-order chi connectivity index (χ0) is 20.2. The van der Waals surface area contributed by atoms with E-state index in [2.05, 4.69) is 11.4 Å². The van der Waals surface area contributed by atoms with Crippen LogP contribution in [0, 0.1) is 17.1 Å². The number of halogens is 1. The topological polar surface area (TPSA) is 79.2 Å². The van der Waals surface area contributed by atoms with Crippen LogP contribution in [0.25, 0.3) is 0 Å². The molecule has 5 nitrogen and oxygen atoms in total. The van der Waals surface area contributed by atoms with Gasteiger partial charge in [-0.15, -0.1) is 0 Å². The van der Waals surface area contributed by atoms with Crippen LogP contribution in [0.3, 0.4) is 0 Å². The van der Waals surface area contributed by atoms with Crippen LogP contribution in [0.5, 0.6) is 0 Å². The van der Waals surface area contributed by atoms with Crippen molar-refractivity contribution in [3.05, 3.63) is 35.6 Å². The van der Waals surface area contributed by atoms with Crippen LogP contribution in [0.1, 0.15) is 70.3 Å². The minimum absolute atomic E-state index is 0.339. The van der Waals surface area contributed by atoms with Crippen LogP contribution in [-0.2, 0) is 19.7 Å². The Morgan fingerprint density at radius 2 is 1.71 bits per heavy atom. The molecule has 28 heavy (non-hydrogen) atoms. The number of ether oxygens (including phenoxy) is 1. The van der Waals surface area contributed by atoms with Crippen LogP contribution < -0.4 is 5.32 Å². The van der Waals surface area contributed by atoms with Gasteiger partial charge in [0.05, 0.1) is 11.5 Å². The molecule has 1 N–H and O–H groups in total. The minimum Gasteiger partial charge on any atom is -0.452 e. The van der Waals surface area contributed by atoms with Gasteiger partial charge in [0.2, 0.25) is 0 Å². The number of hydrogen-bond donors (Lipinski definition) is 1. The zero-order valence-corrected chi connectivity index (χ0v) is 16.3. The maximum Gasteiger partial charge on any atom is 0.317 e. The van der Waals surface area contributed by atoms with Gasteiger partial charge >= 0.3 is 5.97 Å². The van der Waals surface area contributed by atoms with E-state index in [0.717, 1.165) is 32.1 Å². The minimum atomic E-state index is -1.04. The van der Waals surface area contributed by atoms with Crippen molar-refractivity contribution in [1.82, 2.24) is 5.32 Å². The predicted octanol–water partition coefficient (Wildman–Crippen LogP) is 3.91. The highest BCUT2D eigenvalue weighted by molar-refractivity contribution is 5.88. The lowest BCUT2D eigenvalue weighted by Crippen LogP contribution is -2.52. The Hall–Kier alpha value is -2.42. The first-order valence-corrected chi connectivity index (χ1v) is 10.1. The van der Waals surface area contributed by atoms with Gasteiger partial charge in [0.1, 0.15) is 11.4 Å². The van der Waals surface area contributed by atoms with E-state index >= 15 is 0 Å². The van der Waals surface area contributed by atoms with E-state index in [4.69, 9.17) is 4.74 Å². The first kappa shape index (κ1) is 20.3. The second kappa shape index (κ2) is 8.30. The van der Waals surface area contributed by atoms with Gasteiger partial charge in [-0.1, -0.05) is 50.3 Å². The summed E-state index contributed by atoms with van der Waals surface area (Å²) in [6.45, 7) is 1.51. The first-order chi connectivity index (χ1) is 13.4. The fraction of sp³-hybridized carbons (Fsp3) is 0.591. The third-order valence-corrected chi connectivity index (χ3v) is 6.17. The number of nitriles is 1. The molecular weight excluding hydrogens is 359 g/mol. The van der Waals surface area contributed by atoms with E-state index in [1.807, 2.05) is 0 Å². The number of amides is 1. The third-order valence-electron chi connectivity index (χ3n) is 6.17. The van der Waals surface area contributed by atoms with E-state index in [1.165, 1.54) is 13.0 Å². The summed E-state index contributed by atoms with van der Waals surface area (Å²) in [5.41, 5.74) is -1.59. The number of benzene rings is 1. The molecule has 0 saturated heterocycles. The van der Waals surface area contributed by atoms with Crippen molar-refractivity contribution < 1.29 is 18.7 Å². The number of nitrogens with one attached hydrogen (secondary N) is 1. The highest BCUT2D eigenvalue weighted by atomic mass is 19.1. The molecule has 0 aromatic heterocycles. The Morgan fingerprint density at radius 3 is 2.32 bits per heavy atom. The highest BCUT2D eigenvalue weighted by Crippen LogP contribution is 2.43. The Morgan fingerprint density at radius 1 is 1.11 bits per heavy atom. The van der Waals surface area contributed by atoms with Crippen LogP contribution in [0.15, 0.2) is 24.3 Å². The monoisotopic (exact) mass is 386 g/mol. The molecule has 0 unspecified atom stereocenters. The Balaban J connectivity index is 1.72. The van der Waals surface area contributed by atoms with Crippen molar-refractivity contribution in [3.8, 4) is 6.07 Å². The molecule has 0 spiro atoms. The van der Waals surface area contributed by atoms with Gasteiger partial charge in [0.25, 0.3) is 5.91 Å². The van der Waals surface area contributed by atoms with Gasteiger partial charge in [-0.3, -0.25) is 9.59 Å². The van der Waals surface area contributed by atoms with Gasteiger partial charge in [0.15, 0.2) is 6.10 Å². The maximum absolute atomic E-state index is 14.4. The molecule has 1 amide bonds. The highest BCUT2D eigenvalue weighted by Gasteiger charge is 2.47. The quantitative estimate of drug-likeness (QED) is 0.778. The molecule has 1 atom stereocenters. The van der Waals surface area contributed by atoms with Crippen LogP contribution >= 0.6 is 0 Å². The summed E-state index contributed by atoms with van der Waals surface area (Å²) < 4.78 is 19.9. The number of rotatable bonds is 5. The predicted molar refractivity (Wildman–Crippen MR) is 102 cm³/mol. The molecule has 0 aliphatic heterocycles. The lowest BCUT2D eigenvalue weighted by atomic mass is 9.78. The van der Waals surface area contributed by atoms with E-state index in [1.54, 1.807) is 18.2 Å². The SMILES string of the molecule is C[C@@H](OC(=O)C1(c2ccccc2F)CCCC1)C(=O)NC1(C#N)CCCCC1. The molecule has 2 fully saturated rings. The van der Waals surface area contributed by atoms with E-state index < -0.39 is 34.8 Å². The number of hydrogen-bond acceptors (Lipinski definition) is 4. The van der Waals surface area contributed by atoms with Crippen LogP contribution in [0.4, 0.5) is 4.39 Å². The van der Waals surface area contributed by atoms with Crippen molar-refractivity contribution in [2.75, 3.05) is 0 Å². The molecule has 6 heteroatoms. The van der Waals surface area contributed by atoms with Crippen molar-refractivity contribution >= 4 is 11.9 Å². The average molecular weight is 386 g/mol. The van der Waals surface area contributed by atoms with E-state index in [-0.39, 0.29) is 0 Å². The molecule has 0 radical (unpaired) electrons. The second-order valence-corrected chi connectivity index (χ2v) is 8.06. The Labute approximate surface area is 165 Å². The summed E-state index contributed by atoms with van der Waals surface area (Å²) in [7, 11) is 0. The van der Waals surface area contributed by atoms with Gasteiger partial charge in [-0.05, 0) is 38.7 Å². The first-order valence-electron chi connectivity index (χ1n) is 10.1. The largest absolute Gasteiger partial charge is 0.452 e. The summed E-state index contributed by atoms with van der Waals surface area (Å²) in [6.07, 6.45) is 5.62. The second-order valence-electron chi connectivity index (χ2n) is 8.06. The molecule has 0 bridgehead atoms. The summed E-state index contributed by atoms with van der Waals surface area (Å²) in [5.74, 6) is -1.46. The molecule has 2 saturated carbocycles. The Bertz CT molecular complexity index is 774. The molecule has 1 aromatic carbocycles. The molecular formula is C22H27FN2O3. The van der Waals surface area contributed by atoms with Crippen molar-refractivity contribution in [2.45, 2.75) is 81.8 Å². The molecule has 0 heterocycles. The van der Waals surface area contributed by atoms with Gasteiger partial charge < -0.3 is 10.1 Å². The maximum atomic E-state index is 14.4. The van der Waals surface area contributed by atoms with Crippen molar-refractivity contribution in [2.24, 2.45) is 0 Å². The van der Waals surface area contributed by atoms with Gasteiger partial charge in [-0.25, -0.2) is 4.39 Å². The van der Waals surface area contributed by atoms with Crippen LogP contribution in [-0.4, -0.2) is 23.5 Å². The summed E-state index contributed by atoms with van der Waals surface area (Å²) >= 11 is 0. The smallest absolute Gasteiger partial charge is 0.317 e.